The largest absolute Gasteiger partial charge is 0.493 e. The van der Waals surface area contributed by atoms with Crippen LogP contribution >= 0.6 is 11.3 Å². The average Bonchev–Trinajstić information content (AvgIpc) is 3.28. The Labute approximate surface area is 172 Å². The molecule has 0 radical (unpaired) electrons. The van der Waals surface area contributed by atoms with Gasteiger partial charge in [0.1, 0.15) is 5.01 Å². The quantitative estimate of drug-likeness (QED) is 0.593. The molecule has 2 aromatic carbocycles. The van der Waals surface area contributed by atoms with Crippen molar-refractivity contribution in [3.8, 4) is 28.5 Å². The highest BCUT2D eigenvalue weighted by Crippen LogP contribution is 2.44. The number of thiazole rings is 1. The highest BCUT2D eigenvalue weighted by atomic mass is 32.1. The predicted molar refractivity (Wildman–Crippen MR) is 109 cm³/mol. The fourth-order valence-corrected chi connectivity index (χ4v) is 3.88. The number of methoxy groups -OCH3 is 4. The number of aliphatic hydroxyl groups is 1. The van der Waals surface area contributed by atoms with Crippen LogP contribution in [-0.4, -0.2) is 44.5 Å². The van der Waals surface area contributed by atoms with E-state index in [1.165, 1.54) is 40.6 Å². The lowest BCUT2D eigenvalue weighted by atomic mass is 9.93. The number of aromatic nitrogens is 1. The third-order valence-electron chi connectivity index (χ3n) is 4.45. The smallest absolute Gasteiger partial charge is 0.349 e. The summed E-state index contributed by atoms with van der Waals surface area (Å²) in [6.07, 6.45) is 0. The van der Waals surface area contributed by atoms with Gasteiger partial charge in [-0.2, -0.15) is 0 Å². The maximum atomic E-state index is 12.7. The zero-order valence-electron chi connectivity index (χ0n) is 16.5. The number of benzene rings is 2. The van der Waals surface area contributed by atoms with E-state index in [1.54, 1.807) is 5.38 Å². The lowest BCUT2D eigenvalue weighted by molar-refractivity contribution is -0.158. The van der Waals surface area contributed by atoms with Crippen molar-refractivity contribution in [2.45, 2.75) is 5.60 Å². The minimum atomic E-state index is -2.15. The first kappa shape index (κ1) is 20.6. The first-order valence-corrected chi connectivity index (χ1v) is 9.50. The Kier molecular flexibility index (Phi) is 6.05. The standard InChI is InChI=1S/C21H21NO6S/c1-25-16-10-14(11-17(26-2)18(16)27-3)21(24,20(23)28-4)19-22-15(12-29-19)13-8-6-5-7-9-13/h5-12,24H,1-4H3. The molecule has 152 valence electrons. The zero-order chi connectivity index (χ0) is 21.0. The molecule has 1 aromatic heterocycles. The van der Waals surface area contributed by atoms with Gasteiger partial charge in [0.05, 0.1) is 34.1 Å². The Morgan fingerprint density at radius 1 is 1.00 bits per heavy atom. The van der Waals surface area contributed by atoms with E-state index >= 15 is 0 Å². The van der Waals surface area contributed by atoms with E-state index < -0.39 is 11.6 Å². The van der Waals surface area contributed by atoms with Crippen LogP contribution in [0.2, 0.25) is 0 Å². The van der Waals surface area contributed by atoms with Crippen LogP contribution in [0.15, 0.2) is 47.8 Å². The number of ether oxygens (including phenoxy) is 4. The molecule has 0 bridgehead atoms. The summed E-state index contributed by atoms with van der Waals surface area (Å²) in [7, 11) is 5.58. The van der Waals surface area contributed by atoms with Crippen molar-refractivity contribution in [3.05, 3.63) is 58.4 Å². The molecule has 0 spiro atoms. The molecule has 1 atom stereocenters. The van der Waals surface area contributed by atoms with Gasteiger partial charge < -0.3 is 24.1 Å². The SMILES string of the molecule is COC(=O)C(O)(c1cc(OC)c(OC)c(OC)c1)c1nc(-c2ccccc2)cs1. The Bertz CT molecular complexity index is 978. The Morgan fingerprint density at radius 3 is 2.14 bits per heavy atom. The summed E-state index contributed by atoms with van der Waals surface area (Å²) in [6.45, 7) is 0. The second-order valence-corrected chi connectivity index (χ2v) is 6.88. The summed E-state index contributed by atoms with van der Waals surface area (Å²) < 4.78 is 20.9. The fourth-order valence-electron chi connectivity index (χ4n) is 2.95. The van der Waals surface area contributed by atoms with Gasteiger partial charge in [-0.15, -0.1) is 11.3 Å². The second-order valence-electron chi connectivity index (χ2n) is 6.02. The summed E-state index contributed by atoms with van der Waals surface area (Å²) in [4.78, 5) is 17.2. The molecular weight excluding hydrogens is 394 g/mol. The predicted octanol–water partition coefficient (Wildman–Crippen LogP) is 3.24. The molecule has 0 saturated heterocycles. The number of rotatable bonds is 7. The summed E-state index contributed by atoms with van der Waals surface area (Å²) in [5.74, 6) is 0.0591. The second kappa shape index (κ2) is 8.50. The molecule has 0 saturated carbocycles. The van der Waals surface area contributed by atoms with E-state index in [-0.39, 0.29) is 10.6 Å². The van der Waals surface area contributed by atoms with Gasteiger partial charge in [-0.1, -0.05) is 30.3 Å². The van der Waals surface area contributed by atoms with Gasteiger partial charge in [-0.3, -0.25) is 0 Å². The maximum Gasteiger partial charge on any atom is 0.349 e. The van der Waals surface area contributed by atoms with Crippen LogP contribution in [0, 0.1) is 0 Å². The van der Waals surface area contributed by atoms with Gasteiger partial charge in [0, 0.05) is 16.5 Å². The molecule has 0 aliphatic carbocycles. The monoisotopic (exact) mass is 415 g/mol. The summed E-state index contributed by atoms with van der Waals surface area (Å²) in [5.41, 5.74) is -0.459. The van der Waals surface area contributed by atoms with Crippen LogP contribution < -0.4 is 14.2 Å². The lowest BCUT2D eigenvalue weighted by Crippen LogP contribution is -2.38. The molecule has 0 fully saturated rings. The zero-order valence-corrected chi connectivity index (χ0v) is 17.3. The highest BCUT2D eigenvalue weighted by Gasteiger charge is 2.45. The number of esters is 1. The summed E-state index contributed by atoms with van der Waals surface area (Å²) in [6, 6.07) is 12.5. The molecule has 0 aliphatic heterocycles. The minimum absolute atomic E-state index is 0.164. The number of carbonyl (C=O) groups excluding carboxylic acids is 1. The Morgan fingerprint density at radius 2 is 1.62 bits per heavy atom. The third-order valence-corrected chi connectivity index (χ3v) is 5.40. The van der Waals surface area contributed by atoms with Gasteiger partial charge in [0.2, 0.25) is 11.4 Å². The summed E-state index contributed by atoms with van der Waals surface area (Å²) >= 11 is 1.15. The molecule has 0 aliphatic rings. The molecule has 0 amide bonds. The molecule has 1 heterocycles. The molecule has 3 aromatic rings. The normalized spacial score (nSPS) is 12.7. The van der Waals surface area contributed by atoms with E-state index in [9.17, 15) is 9.90 Å². The topological polar surface area (TPSA) is 87.1 Å². The molecule has 3 rings (SSSR count). The number of hydrogen-bond donors (Lipinski definition) is 1. The third kappa shape index (κ3) is 3.64. The van der Waals surface area contributed by atoms with Crippen molar-refractivity contribution >= 4 is 17.3 Å². The minimum Gasteiger partial charge on any atom is -0.493 e. The first-order valence-electron chi connectivity index (χ1n) is 8.62. The number of carbonyl (C=O) groups is 1. The van der Waals surface area contributed by atoms with Crippen LogP contribution in [0.25, 0.3) is 11.3 Å². The van der Waals surface area contributed by atoms with Crippen LogP contribution in [0.4, 0.5) is 0 Å². The Hall–Kier alpha value is -3.10. The van der Waals surface area contributed by atoms with Crippen LogP contribution in [0.5, 0.6) is 17.2 Å². The van der Waals surface area contributed by atoms with Crippen molar-refractivity contribution in [1.29, 1.82) is 0 Å². The van der Waals surface area contributed by atoms with Crippen molar-refractivity contribution in [3.63, 3.8) is 0 Å². The molecular formula is C21H21NO6S. The lowest BCUT2D eigenvalue weighted by Gasteiger charge is -2.25. The van der Waals surface area contributed by atoms with E-state index in [2.05, 4.69) is 4.98 Å². The van der Waals surface area contributed by atoms with Crippen molar-refractivity contribution in [1.82, 2.24) is 4.98 Å². The van der Waals surface area contributed by atoms with Gasteiger partial charge >= 0.3 is 5.97 Å². The average molecular weight is 415 g/mol. The van der Waals surface area contributed by atoms with Gasteiger partial charge in [-0.25, -0.2) is 9.78 Å². The van der Waals surface area contributed by atoms with Crippen LogP contribution in [0.1, 0.15) is 10.6 Å². The van der Waals surface area contributed by atoms with Crippen molar-refractivity contribution < 1.29 is 28.8 Å². The Balaban J connectivity index is 2.19. The van der Waals surface area contributed by atoms with Crippen LogP contribution in [-0.2, 0) is 15.1 Å². The van der Waals surface area contributed by atoms with E-state index in [0.717, 1.165) is 16.9 Å². The van der Waals surface area contributed by atoms with Gasteiger partial charge in [0.25, 0.3) is 0 Å². The van der Waals surface area contributed by atoms with Gasteiger partial charge in [-0.05, 0) is 12.1 Å². The summed E-state index contributed by atoms with van der Waals surface area (Å²) in [5, 5.41) is 13.4. The van der Waals surface area contributed by atoms with Gasteiger partial charge in [0.15, 0.2) is 11.5 Å². The molecule has 1 N–H and O–H groups in total. The van der Waals surface area contributed by atoms with E-state index in [0.29, 0.717) is 22.9 Å². The molecule has 1 unspecified atom stereocenters. The van der Waals surface area contributed by atoms with Crippen LogP contribution in [0.3, 0.4) is 0 Å². The number of hydrogen-bond acceptors (Lipinski definition) is 8. The molecule has 29 heavy (non-hydrogen) atoms. The van der Waals surface area contributed by atoms with E-state index in [1.807, 2.05) is 30.3 Å². The number of nitrogens with zero attached hydrogens (tertiary/aromatic N) is 1. The first-order chi connectivity index (χ1) is 14.0. The highest BCUT2D eigenvalue weighted by molar-refractivity contribution is 7.10. The maximum absolute atomic E-state index is 12.7. The molecule has 7 nitrogen and oxygen atoms in total. The van der Waals surface area contributed by atoms with E-state index in [4.69, 9.17) is 18.9 Å². The molecule has 8 heteroatoms. The van der Waals surface area contributed by atoms with Crippen molar-refractivity contribution in [2.24, 2.45) is 0 Å². The van der Waals surface area contributed by atoms with Crippen molar-refractivity contribution in [2.75, 3.05) is 28.4 Å². The fraction of sp³-hybridized carbons (Fsp3) is 0.238.